The molecule has 0 radical (unpaired) electrons. The van der Waals surface area contributed by atoms with Crippen LogP contribution in [0.15, 0.2) is 36.4 Å². The predicted molar refractivity (Wildman–Crippen MR) is 107 cm³/mol. The third kappa shape index (κ3) is 3.63. The van der Waals surface area contributed by atoms with E-state index in [9.17, 15) is 19.2 Å². The van der Waals surface area contributed by atoms with Gasteiger partial charge in [0.05, 0.1) is 16.8 Å². The zero-order chi connectivity index (χ0) is 21.5. The number of imide groups is 1. The standard InChI is InChI=1S/C22H22N2O5/c1-12(2)23(11-19(25)26)20(27)15-7-8-16-17(10-15)22(29)24(21(16)28)18-9-13(3)5-6-14(18)4/h5-10,12H,11H2,1-4H3,(H,25,26). The zero-order valence-corrected chi connectivity index (χ0v) is 16.7. The average molecular weight is 394 g/mol. The fourth-order valence-corrected chi connectivity index (χ4v) is 3.35. The van der Waals surface area contributed by atoms with Gasteiger partial charge in [-0.1, -0.05) is 12.1 Å². The summed E-state index contributed by atoms with van der Waals surface area (Å²) in [5.41, 5.74) is 2.75. The maximum Gasteiger partial charge on any atom is 0.323 e. The number of hydrogen-bond acceptors (Lipinski definition) is 4. The van der Waals surface area contributed by atoms with Gasteiger partial charge in [0.25, 0.3) is 17.7 Å². The van der Waals surface area contributed by atoms with E-state index in [1.165, 1.54) is 23.1 Å². The van der Waals surface area contributed by atoms with Gasteiger partial charge in [-0.25, -0.2) is 4.90 Å². The number of amides is 3. The molecule has 0 aliphatic carbocycles. The van der Waals surface area contributed by atoms with E-state index in [4.69, 9.17) is 5.11 Å². The van der Waals surface area contributed by atoms with E-state index in [0.29, 0.717) is 5.69 Å². The molecular formula is C22H22N2O5. The van der Waals surface area contributed by atoms with Crippen molar-refractivity contribution in [1.82, 2.24) is 4.90 Å². The number of nitrogens with zero attached hydrogens (tertiary/aromatic N) is 2. The van der Waals surface area contributed by atoms with Crippen molar-refractivity contribution < 1.29 is 24.3 Å². The third-order valence-corrected chi connectivity index (χ3v) is 4.93. The second-order valence-corrected chi connectivity index (χ2v) is 7.42. The van der Waals surface area contributed by atoms with Crippen LogP contribution in [0.3, 0.4) is 0 Å². The Hall–Kier alpha value is -3.48. The highest BCUT2D eigenvalue weighted by Gasteiger charge is 2.38. The Morgan fingerprint density at radius 2 is 1.66 bits per heavy atom. The monoisotopic (exact) mass is 394 g/mol. The van der Waals surface area contributed by atoms with Crippen LogP contribution in [0.4, 0.5) is 5.69 Å². The van der Waals surface area contributed by atoms with E-state index in [0.717, 1.165) is 16.0 Å². The van der Waals surface area contributed by atoms with E-state index in [1.807, 2.05) is 26.0 Å². The van der Waals surface area contributed by atoms with Gasteiger partial charge in [-0.05, 0) is 63.1 Å². The summed E-state index contributed by atoms with van der Waals surface area (Å²) in [5, 5.41) is 9.07. The summed E-state index contributed by atoms with van der Waals surface area (Å²) in [4.78, 5) is 52.1. The lowest BCUT2D eigenvalue weighted by Gasteiger charge is -2.25. The zero-order valence-electron chi connectivity index (χ0n) is 16.7. The molecule has 0 fully saturated rings. The van der Waals surface area contributed by atoms with Gasteiger partial charge in [0, 0.05) is 11.6 Å². The maximum atomic E-state index is 13.0. The number of carbonyl (C=O) groups is 4. The quantitative estimate of drug-likeness (QED) is 0.787. The topological polar surface area (TPSA) is 95.0 Å². The third-order valence-electron chi connectivity index (χ3n) is 4.93. The highest BCUT2D eigenvalue weighted by Crippen LogP contribution is 2.32. The molecule has 150 valence electrons. The first-order valence-electron chi connectivity index (χ1n) is 9.24. The van der Waals surface area contributed by atoms with Crippen LogP contribution in [0, 0.1) is 13.8 Å². The van der Waals surface area contributed by atoms with Gasteiger partial charge in [-0.15, -0.1) is 0 Å². The number of carbonyl (C=O) groups excluding carboxylic acids is 3. The van der Waals surface area contributed by atoms with Crippen LogP contribution >= 0.6 is 0 Å². The van der Waals surface area contributed by atoms with Crippen molar-refractivity contribution >= 4 is 29.4 Å². The second kappa shape index (κ2) is 7.50. The van der Waals surface area contributed by atoms with Gasteiger partial charge in [-0.3, -0.25) is 19.2 Å². The lowest BCUT2D eigenvalue weighted by molar-refractivity contribution is -0.138. The van der Waals surface area contributed by atoms with Crippen LogP contribution in [0.25, 0.3) is 0 Å². The summed E-state index contributed by atoms with van der Waals surface area (Å²) in [6.45, 7) is 6.67. The summed E-state index contributed by atoms with van der Waals surface area (Å²) in [6, 6.07) is 9.46. The normalized spacial score (nSPS) is 13.1. The van der Waals surface area contributed by atoms with Gasteiger partial charge < -0.3 is 10.0 Å². The summed E-state index contributed by atoms with van der Waals surface area (Å²) < 4.78 is 0. The van der Waals surface area contributed by atoms with Crippen molar-refractivity contribution in [2.75, 3.05) is 11.4 Å². The lowest BCUT2D eigenvalue weighted by Crippen LogP contribution is -2.40. The van der Waals surface area contributed by atoms with Crippen LogP contribution in [0.1, 0.15) is 56.0 Å². The number of carboxylic acid groups (broad SMARTS) is 1. The van der Waals surface area contributed by atoms with E-state index < -0.39 is 30.2 Å². The number of aliphatic carboxylic acids is 1. The Labute approximate surface area is 168 Å². The summed E-state index contributed by atoms with van der Waals surface area (Å²) >= 11 is 0. The molecule has 3 amide bonds. The van der Waals surface area contributed by atoms with Crippen molar-refractivity contribution in [1.29, 1.82) is 0 Å². The van der Waals surface area contributed by atoms with E-state index >= 15 is 0 Å². The minimum atomic E-state index is -1.12. The van der Waals surface area contributed by atoms with Gasteiger partial charge in [0.1, 0.15) is 6.54 Å². The lowest BCUT2D eigenvalue weighted by atomic mass is 10.0. The molecule has 0 unspecified atom stereocenters. The number of fused-ring (bicyclic) bond motifs is 1. The van der Waals surface area contributed by atoms with E-state index in [-0.39, 0.29) is 22.7 Å². The van der Waals surface area contributed by atoms with E-state index in [1.54, 1.807) is 19.9 Å². The molecule has 29 heavy (non-hydrogen) atoms. The first-order chi connectivity index (χ1) is 13.6. The van der Waals surface area contributed by atoms with Crippen molar-refractivity contribution in [2.24, 2.45) is 0 Å². The molecule has 1 N–H and O–H groups in total. The largest absolute Gasteiger partial charge is 0.480 e. The first-order valence-corrected chi connectivity index (χ1v) is 9.24. The Bertz CT molecular complexity index is 1040. The van der Waals surface area contributed by atoms with Crippen molar-refractivity contribution in [3.63, 3.8) is 0 Å². The predicted octanol–water partition coefficient (Wildman–Crippen LogP) is 3.04. The molecule has 2 aromatic rings. The van der Waals surface area contributed by atoms with Gasteiger partial charge in [0.2, 0.25) is 0 Å². The van der Waals surface area contributed by atoms with Crippen LogP contribution < -0.4 is 4.90 Å². The minimum Gasteiger partial charge on any atom is -0.480 e. The first kappa shape index (κ1) is 20.3. The van der Waals surface area contributed by atoms with Crippen LogP contribution in [-0.2, 0) is 4.79 Å². The maximum absolute atomic E-state index is 13.0. The van der Waals surface area contributed by atoms with Gasteiger partial charge >= 0.3 is 5.97 Å². The molecule has 0 atom stereocenters. The average Bonchev–Trinajstić information content (AvgIpc) is 2.91. The molecule has 7 heteroatoms. The minimum absolute atomic E-state index is 0.140. The van der Waals surface area contributed by atoms with Gasteiger partial charge in [-0.2, -0.15) is 0 Å². The Morgan fingerprint density at radius 1 is 1.00 bits per heavy atom. The molecule has 3 rings (SSSR count). The smallest absolute Gasteiger partial charge is 0.323 e. The molecule has 0 spiro atoms. The fourth-order valence-electron chi connectivity index (χ4n) is 3.35. The SMILES string of the molecule is Cc1ccc(C)c(N2C(=O)c3ccc(C(=O)N(CC(=O)O)C(C)C)cc3C2=O)c1. The molecular weight excluding hydrogens is 372 g/mol. The second-order valence-electron chi connectivity index (χ2n) is 7.42. The molecule has 1 aliphatic heterocycles. The van der Waals surface area contributed by atoms with E-state index in [2.05, 4.69) is 0 Å². The highest BCUT2D eigenvalue weighted by atomic mass is 16.4. The van der Waals surface area contributed by atoms with Crippen LogP contribution in [-0.4, -0.2) is 46.3 Å². The van der Waals surface area contributed by atoms with Crippen LogP contribution in [0.5, 0.6) is 0 Å². The Morgan fingerprint density at radius 3 is 2.28 bits per heavy atom. The molecule has 0 saturated heterocycles. The van der Waals surface area contributed by atoms with Gasteiger partial charge in [0.15, 0.2) is 0 Å². The number of rotatable bonds is 5. The molecule has 1 heterocycles. The van der Waals surface area contributed by atoms with Crippen molar-refractivity contribution in [2.45, 2.75) is 33.7 Å². The molecule has 2 aromatic carbocycles. The Kier molecular flexibility index (Phi) is 5.24. The van der Waals surface area contributed by atoms with Crippen molar-refractivity contribution in [3.8, 4) is 0 Å². The molecule has 1 aliphatic rings. The number of aryl methyl sites for hydroxylation is 2. The molecule has 0 saturated carbocycles. The number of anilines is 1. The molecule has 0 bridgehead atoms. The highest BCUT2D eigenvalue weighted by molar-refractivity contribution is 6.35. The van der Waals surface area contributed by atoms with Crippen molar-refractivity contribution in [3.05, 3.63) is 64.2 Å². The Balaban J connectivity index is 2.00. The molecule has 7 nitrogen and oxygen atoms in total. The summed E-state index contributed by atoms with van der Waals surface area (Å²) in [6.07, 6.45) is 0. The number of hydrogen-bond donors (Lipinski definition) is 1. The number of benzene rings is 2. The molecule has 0 aromatic heterocycles. The fraction of sp³-hybridized carbons (Fsp3) is 0.273. The number of carboxylic acids is 1. The summed E-state index contributed by atoms with van der Waals surface area (Å²) in [5.74, 6) is -2.57. The van der Waals surface area contributed by atoms with Crippen LogP contribution in [0.2, 0.25) is 0 Å². The summed E-state index contributed by atoms with van der Waals surface area (Å²) in [7, 11) is 0.